The largest absolute Gasteiger partial charge is 0.326 e. The van der Waals surface area contributed by atoms with Crippen LogP contribution >= 0.6 is 0 Å². The van der Waals surface area contributed by atoms with Crippen LogP contribution in [0.4, 0.5) is 0 Å². The second-order valence-corrected chi connectivity index (χ2v) is 6.12. The van der Waals surface area contributed by atoms with E-state index in [1.807, 2.05) is 34.9 Å². The Balaban J connectivity index is 2.08. The molecule has 0 bridgehead atoms. The summed E-state index contributed by atoms with van der Waals surface area (Å²) in [6.07, 6.45) is 1.70. The first-order valence-corrected chi connectivity index (χ1v) is 7.60. The lowest BCUT2D eigenvalue weighted by molar-refractivity contribution is 0.598. The smallest absolute Gasteiger partial charge is 0.238 e. The summed E-state index contributed by atoms with van der Waals surface area (Å²) < 4.78 is 24.7. The van der Waals surface area contributed by atoms with Gasteiger partial charge in [-0.2, -0.15) is 0 Å². The van der Waals surface area contributed by atoms with E-state index in [9.17, 15) is 8.42 Å². The van der Waals surface area contributed by atoms with Gasteiger partial charge in [0.05, 0.1) is 22.3 Å². The Morgan fingerprint density at radius 1 is 1.10 bits per heavy atom. The van der Waals surface area contributed by atoms with Gasteiger partial charge in [-0.25, -0.2) is 18.5 Å². The third kappa shape index (κ3) is 2.43. The van der Waals surface area contributed by atoms with E-state index in [0.29, 0.717) is 6.54 Å². The third-order valence-corrected chi connectivity index (χ3v) is 4.03. The van der Waals surface area contributed by atoms with Gasteiger partial charge >= 0.3 is 0 Å². The molecule has 0 amide bonds. The zero-order valence-electron chi connectivity index (χ0n) is 10.6. The standard InChI is InChI=1S/C14H13N3O2S/c15-20(18,19)12-6-7-13-14(8-12)17(10-16-13)9-11-4-2-1-3-5-11/h1-8,10H,9H2,(H2,15,18,19). The molecule has 20 heavy (non-hydrogen) atoms. The first-order chi connectivity index (χ1) is 9.54. The fourth-order valence-electron chi connectivity index (χ4n) is 2.12. The second kappa shape index (κ2) is 4.73. The predicted molar refractivity (Wildman–Crippen MR) is 76.7 cm³/mol. The Labute approximate surface area is 116 Å². The van der Waals surface area contributed by atoms with Gasteiger partial charge in [-0.15, -0.1) is 0 Å². The van der Waals surface area contributed by atoms with Crippen molar-refractivity contribution < 1.29 is 8.42 Å². The van der Waals surface area contributed by atoms with E-state index in [1.165, 1.54) is 6.07 Å². The Kier molecular flexibility index (Phi) is 3.04. The van der Waals surface area contributed by atoms with Gasteiger partial charge in [0.2, 0.25) is 10.0 Å². The van der Waals surface area contributed by atoms with Crippen LogP contribution in [0.5, 0.6) is 0 Å². The van der Waals surface area contributed by atoms with Crippen LogP contribution in [0.15, 0.2) is 59.8 Å². The normalized spacial score (nSPS) is 11.8. The van der Waals surface area contributed by atoms with E-state index in [4.69, 9.17) is 5.14 Å². The molecular formula is C14H13N3O2S. The monoisotopic (exact) mass is 287 g/mol. The van der Waals surface area contributed by atoms with Crippen molar-refractivity contribution in [3.8, 4) is 0 Å². The zero-order chi connectivity index (χ0) is 14.2. The van der Waals surface area contributed by atoms with Crippen molar-refractivity contribution in [2.75, 3.05) is 0 Å². The van der Waals surface area contributed by atoms with Crippen molar-refractivity contribution in [1.82, 2.24) is 9.55 Å². The number of fused-ring (bicyclic) bond motifs is 1. The van der Waals surface area contributed by atoms with E-state index in [0.717, 1.165) is 16.6 Å². The number of hydrogen-bond acceptors (Lipinski definition) is 3. The maximum Gasteiger partial charge on any atom is 0.238 e. The maximum absolute atomic E-state index is 11.4. The number of nitrogens with zero attached hydrogens (tertiary/aromatic N) is 2. The fraction of sp³-hybridized carbons (Fsp3) is 0.0714. The Hall–Kier alpha value is -2.18. The second-order valence-electron chi connectivity index (χ2n) is 4.55. The quantitative estimate of drug-likeness (QED) is 0.797. The number of aromatic nitrogens is 2. The lowest BCUT2D eigenvalue weighted by Crippen LogP contribution is -2.12. The van der Waals surface area contributed by atoms with E-state index < -0.39 is 10.0 Å². The summed E-state index contributed by atoms with van der Waals surface area (Å²) in [4.78, 5) is 4.36. The highest BCUT2D eigenvalue weighted by Crippen LogP contribution is 2.18. The maximum atomic E-state index is 11.4. The molecule has 2 N–H and O–H groups in total. The molecule has 3 rings (SSSR count). The molecule has 0 spiro atoms. The van der Waals surface area contributed by atoms with E-state index in [1.54, 1.807) is 18.5 Å². The van der Waals surface area contributed by atoms with Crippen LogP contribution < -0.4 is 5.14 Å². The molecular weight excluding hydrogens is 274 g/mol. The molecule has 0 fully saturated rings. The Morgan fingerprint density at radius 3 is 2.55 bits per heavy atom. The van der Waals surface area contributed by atoms with Gasteiger partial charge in [-0.05, 0) is 23.8 Å². The van der Waals surface area contributed by atoms with Crippen molar-refractivity contribution in [2.45, 2.75) is 11.4 Å². The third-order valence-electron chi connectivity index (χ3n) is 3.12. The lowest BCUT2D eigenvalue weighted by Gasteiger charge is -2.05. The van der Waals surface area contributed by atoms with Crippen LogP contribution in [0.25, 0.3) is 11.0 Å². The van der Waals surface area contributed by atoms with E-state index in [2.05, 4.69) is 4.98 Å². The first kappa shape index (κ1) is 12.8. The minimum atomic E-state index is -3.70. The average molecular weight is 287 g/mol. The van der Waals surface area contributed by atoms with Crippen LogP contribution in [0, 0.1) is 0 Å². The lowest BCUT2D eigenvalue weighted by atomic mass is 10.2. The minimum Gasteiger partial charge on any atom is -0.326 e. The van der Waals surface area contributed by atoms with Crippen molar-refractivity contribution in [3.05, 3.63) is 60.4 Å². The number of imidazole rings is 1. The average Bonchev–Trinajstić information content (AvgIpc) is 2.82. The van der Waals surface area contributed by atoms with Gasteiger partial charge in [-0.3, -0.25) is 0 Å². The SMILES string of the molecule is NS(=O)(=O)c1ccc2ncn(Cc3ccccc3)c2c1. The molecule has 0 saturated carbocycles. The van der Waals surface area contributed by atoms with Gasteiger partial charge in [0, 0.05) is 6.54 Å². The van der Waals surface area contributed by atoms with Crippen LogP contribution in [0.1, 0.15) is 5.56 Å². The van der Waals surface area contributed by atoms with Gasteiger partial charge in [0.25, 0.3) is 0 Å². The summed E-state index contributed by atoms with van der Waals surface area (Å²) in [6.45, 7) is 0.630. The molecule has 0 aliphatic heterocycles. The van der Waals surface area contributed by atoms with Crippen molar-refractivity contribution in [2.24, 2.45) is 5.14 Å². The molecule has 0 aliphatic rings. The number of sulfonamides is 1. The van der Waals surface area contributed by atoms with Crippen LogP contribution in [-0.4, -0.2) is 18.0 Å². The summed E-state index contributed by atoms with van der Waals surface area (Å²) in [7, 11) is -3.70. The molecule has 0 atom stereocenters. The predicted octanol–water partition coefficient (Wildman–Crippen LogP) is 1.73. The number of hydrogen-bond donors (Lipinski definition) is 1. The van der Waals surface area contributed by atoms with Gasteiger partial charge < -0.3 is 4.57 Å². The Morgan fingerprint density at radius 2 is 1.85 bits per heavy atom. The highest BCUT2D eigenvalue weighted by molar-refractivity contribution is 7.89. The van der Waals surface area contributed by atoms with E-state index in [-0.39, 0.29) is 4.90 Å². The van der Waals surface area contributed by atoms with Crippen molar-refractivity contribution in [3.63, 3.8) is 0 Å². The molecule has 1 aromatic heterocycles. The van der Waals surface area contributed by atoms with Crippen LogP contribution in [0.3, 0.4) is 0 Å². The van der Waals surface area contributed by atoms with Crippen LogP contribution in [-0.2, 0) is 16.6 Å². The molecule has 0 aliphatic carbocycles. The fourth-order valence-corrected chi connectivity index (χ4v) is 2.65. The molecule has 0 saturated heterocycles. The topological polar surface area (TPSA) is 78.0 Å². The molecule has 3 aromatic rings. The summed E-state index contributed by atoms with van der Waals surface area (Å²) in [5.41, 5.74) is 2.61. The summed E-state index contributed by atoms with van der Waals surface area (Å²) in [5.74, 6) is 0. The van der Waals surface area contributed by atoms with E-state index >= 15 is 0 Å². The van der Waals surface area contributed by atoms with Gasteiger partial charge in [-0.1, -0.05) is 30.3 Å². The first-order valence-electron chi connectivity index (χ1n) is 6.06. The minimum absolute atomic E-state index is 0.0970. The summed E-state index contributed by atoms with van der Waals surface area (Å²) >= 11 is 0. The zero-order valence-corrected chi connectivity index (χ0v) is 11.4. The number of nitrogens with two attached hydrogens (primary N) is 1. The number of rotatable bonds is 3. The van der Waals surface area contributed by atoms with Crippen molar-refractivity contribution >= 4 is 21.1 Å². The molecule has 2 aromatic carbocycles. The van der Waals surface area contributed by atoms with Crippen LogP contribution in [0.2, 0.25) is 0 Å². The van der Waals surface area contributed by atoms with Crippen molar-refractivity contribution in [1.29, 1.82) is 0 Å². The molecule has 6 heteroatoms. The Bertz CT molecular complexity index is 855. The summed E-state index contributed by atoms with van der Waals surface area (Å²) in [5, 5.41) is 5.16. The number of primary sulfonamides is 1. The molecule has 0 unspecified atom stereocenters. The number of benzene rings is 2. The molecule has 1 heterocycles. The van der Waals surface area contributed by atoms with Gasteiger partial charge in [0.1, 0.15) is 0 Å². The highest BCUT2D eigenvalue weighted by atomic mass is 32.2. The highest BCUT2D eigenvalue weighted by Gasteiger charge is 2.11. The molecule has 0 radical (unpaired) electrons. The summed E-state index contributed by atoms with van der Waals surface area (Å²) in [6, 6.07) is 14.6. The molecule has 102 valence electrons. The molecule has 5 nitrogen and oxygen atoms in total. The van der Waals surface area contributed by atoms with Gasteiger partial charge in [0.15, 0.2) is 0 Å².